The molecule has 0 saturated carbocycles. The summed E-state index contributed by atoms with van der Waals surface area (Å²) >= 11 is 7.07. The zero-order chi connectivity index (χ0) is 22.9. The van der Waals surface area contributed by atoms with Gasteiger partial charge in [-0.1, -0.05) is 23.4 Å². The number of rotatable bonds is 6. The van der Waals surface area contributed by atoms with Gasteiger partial charge in [-0.05, 0) is 26.0 Å². The van der Waals surface area contributed by atoms with E-state index in [4.69, 9.17) is 16.3 Å². The molecule has 2 heterocycles. The number of hydrogen-bond acceptors (Lipinski definition) is 7. The molecular weight excluding hydrogens is 463 g/mol. The number of benzene rings is 1. The van der Waals surface area contributed by atoms with Gasteiger partial charge in [0.2, 0.25) is 5.91 Å². The minimum Gasteiger partial charge on any atom is -0.465 e. The van der Waals surface area contributed by atoms with Crippen LogP contribution in [0.4, 0.5) is 18.9 Å². The first kappa shape index (κ1) is 22.9. The van der Waals surface area contributed by atoms with Crippen molar-refractivity contribution < 1.29 is 27.5 Å². The van der Waals surface area contributed by atoms with Crippen molar-refractivity contribution in [3.8, 4) is 5.69 Å². The molecule has 1 aliphatic heterocycles. The molecule has 1 amide bonds. The minimum absolute atomic E-state index is 0.0152. The molecule has 3 rings (SSSR count). The van der Waals surface area contributed by atoms with Crippen LogP contribution in [0.5, 0.6) is 0 Å². The van der Waals surface area contributed by atoms with E-state index in [9.17, 15) is 27.6 Å². The number of hydrogen-bond donors (Lipinski definition) is 0. The Morgan fingerprint density at radius 2 is 2.10 bits per heavy atom. The Morgan fingerprint density at radius 3 is 2.71 bits per heavy atom. The number of aliphatic imine (C=N–C) groups is 1. The van der Waals surface area contributed by atoms with Gasteiger partial charge in [0.1, 0.15) is 18.1 Å². The van der Waals surface area contributed by atoms with Gasteiger partial charge in [-0.2, -0.15) is 13.5 Å². The van der Waals surface area contributed by atoms with Crippen molar-refractivity contribution in [3.05, 3.63) is 39.3 Å². The van der Waals surface area contributed by atoms with Gasteiger partial charge < -0.3 is 4.74 Å². The third-order valence-electron chi connectivity index (χ3n) is 4.09. The maximum Gasteiger partial charge on any atom is 0.355 e. The standard InChI is InChI=1S/C17H15ClF3N5O4S/c1-3-30-14(28)6-24-13(27)7-31-16(24)22-11-5-12(10(19)4-9(11)18)26-17(29)25(15(20)21)8(2)23-26/h4-5,15H,3,6-7H2,1-2H3. The molecule has 0 aliphatic carbocycles. The molecule has 0 unspecified atom stereocenters. The van der Waals surface area contributed by atoms with Crippen LogP contribution in [0.3, 0.4) is 0 Å². The third kappa shape index (κ3) is 4.61. The number of amidine groups is 1. The molecule has 0 atom stereocenters. The Bertz CT molecular complexity index is 1130. The normalized spacial score (nSPS) is 15.4. The van der Waals surface area contributed by atoms with Crippen LogP contribution in [0.1, 0.15) is 19.3 Å². The van der Waals surface area contributed by atoms with E-state index in [0.717, 1.165) is 28.8 Å². The fourth-order valence-electron chi connectivity index (χ4n) is 2.71. The highest BCUT2D eigenvalue weighted by Gasteiger charge is 2.31. The van der Waals surface area contributed by atoms with Crippen LogP contribution in [-0.2, 0) is 14.3 Å². The van der Waals surface area contributed by atoms with E-state index in [-0.39, 0.29) is 45.2 Å². The molecule has 2 aromatic rings. The van der Waals surface area contributed by atoms with Gasteiger partial charge in [0.05, 0.1) is 23.1 Å². The largest absolute Gasteiger partial charge is 0.465 e. The Kier molecular flexibility index (Phi) is 6.74. The summed E-state index contributed by atoms with van der Waals surface area (Å²) in [6, 6.07) is 1.89. The van der Waals surface area contributed by atoms with E-state index < -0.39 is 35.6 Å². The van der Waals surface area contributed by atoms with E-state index in [1.807, 2.05) is 0 Å². The molecule has 0 bridgehead atoms. The Labute approximate surface area is 182 Å². The molecule has 1 aromatic heterocycles. The molecule has 0 spiro atoms. The lowest BCUT2D eigenvalue weighted by molar-refractivity contribution is -0.145. The van der Waals surface area contributed by atoms with Crippen LogP contribution in [0.25, 0.3) is 5.69 Å². The second-order valence-corrected chi connectivity index (χ2v) is 7.46. The second-order valence-electron chi connectivity index (χ2n) is 6.11. The van der Waals surface area contributed by atoms with Crippen molar-refractivity contribution >= 4 is 46.1 Å². The molecule has 31 heavy (non-hydrogen) atoms. The summed E-state index contributed by atoms with van der Waals surface area (Å²) in [5.74, 6) is -2.33. The number of carbonyl (C=O) groups is 2. The van der Waals surface area contributed by atoms with Crippen molar-refractivity contribution in [2.24, 2.45) is 4.99 Å². The van der Waals surface area contributed by atoms with Crippen LogP contribution in [-0.4, -0.2) is 55.2 Å². The average Bonchev–Trinajstić information content (AvgIpc) is 3.17. The summed E-state index contributed by atoms with van der Waals surface area (Å²) in [7, 11) is 0. The summed E-state index contributed by atoms with van der Waals surface area (Å²) in [6.07, 6.45) is 0. The van der Waals surface area contributed by atoms with Crippen molar-refractivity contribution in [2.45, 2.75) is 20.4 Å². The molecule has 0 N–H and O–H groups in total. The maximum atomic E-state index is 14.5. The van der Waals surface area contributed by atoms with Crippen LogP contribution < -0.4 is 5.69 Å². The van der Waals surface area contributed by atoms with Gasteiger partial charge >= 0.3 is 18.2 Å². The van der Waals surface area contributed by atoms with Gasteiger partial charge in [0, 0.05) is 0 Å². The molecular formula is C17H15ClF3N5O4S. The lowest BCUT2D eigenvalue weighted by Gasteiger charge is -2.15. The number of carbonyl (C=O) groups excluding carboxylic acids is 2. The lowest BCUT2D eigenvalue weighted by Crippen LogP contribution is -2.35. The van der Waals surface area contributed by atoms with Crippen molar-refractivity contribution in [3.63, 3.8) is 0 Å². The monoisotopic (exact) mass is 477 g/mol. The van der Waals surface area contributed by atoms with Crippen molar-refractivity contribution in [2.75, 3.05) is 18.9 Å². The Morgan fingerprint density at radius 1 is 1.39 bits per heavy atom. The van der Waals surface area contributed by atoms with Crippen LogP contribution >= 0.6 is 23.4 Å². The highest BCUT2D eigenvalue weighted by atomic mass is 35.5. The number of aromatic nitrogens is 3. The highest BCUT2D eigenvalue weighted by Crippen LogP contribution is 2.32. The SMILES string of the molecule is CCOC(=O)CN1C(=O)CSC1=Nc1cc(-n2nc(C)n(C(F)F)c2=O)c(F)cc1Cl. The number of esters is 1. The molecule has 166 valence electrons. The predicted octanol–water partition coefficient (Wildman–Crippen LogP) is 2.66. The summed E-state index contributed by atoms with van der Waals surface area (Å²) in [4.78, 5) is 41.4. The summed E-state index contributed by atoms with van der Waals surface area (Å²) in [5.41, 5.74) is -1.76. The summed E-state index contributed by atoms with van der Waals surface area (Å²) in [6.45, 7) is -0.609. The highest BCUT2D eigenvalue weighted by molar-refractivity contribution is 8.15. The first-order chi connectivity index (χ1) is 14.6. The zero-order valence-corrected chi connectivity index (χ0v) is 17.7. The average molecular weight is 478 g/mol. The number of alkyl halides is 2. The molecule has 1 fully saturated rings. The van der Waals surface area contributed by atoms with E-state index in [2.05, 4.69) is 10.1 Å². The fraction of sp³-hybridized carbons (Fsp3) is 0.353. The third-order valence-corrected chi connectivity index (χ3v) is 5.35. The molecule has 0 radical (unpaired) electrons. The van der Waals surface area contributed by atoms with Crippen LogP contribution in [0.15, 0.2) is 21.9 Å². The van der Waals surface area contributed by atoms with Crippen LogP contribution in [0.2, 0.25) is 5.02 Å². The fourth-order valence-corrected chi connectivity index (χ4v) is 3.79. The topological polar surface area (TPSA) is 98.8 Å². The van der Waals surface area contributed by atoms with E-state index in [1.54, 1.807) is 6.92 Å². The molecule has 14 heteroatoms. The van der Waals surface area contributed by atoms with Gasteiger partial charge in [0.25, 0.3) is 0 Å². The lowest BCUT2D eigenvalue weighted by atomic mass is 10.2. The number of amides is 1. The number of aryl methyl sites for hydroxylation is 1. The van der Waals surface area contributed by atoms with Gasteiger partial charge in [-0.3, -0.25) is 14.5 Å². The number of nitrogens with zero attached hydrogens (tertiary/aromatic N) is 5. The van der Waals surface area contributed by atoms with Gasteiger partial charge in [-0.15, -0.1) is 5.10 Å². The molecule has 9 nitrogen and oxygen atoms in total. The molecule has 1 aliphatic rings. The van der Waals surface area contributed by atoms with Crippen molar-refractivity contribution in [1.82, 2.24) is 19.2 Å². The maximum absolute atomic E-state index is 14.5. The zero-order valence-electron chi connectivity index (χ0n) is 16.1. The first-order valence-electron chi connectivity index (χ1n) is 8.77. The Balaban J connectivity index is 2.04. The van der Waals surface area contributed by atoms with E-state index in [1.165, 1.54) is 6.92 Å². The minimum atomic E-state index is -3.16. The smallest absolute Gasteiger partial charge is 0.355 e. The Hall–Kier alpha value is -2.80. The number of ether oxygens (including phenoxy) is 1. The number of halogens is 4. The first-order valence-corrected chi connectivity index (χ1v) is 10.1. The second kappa shape index (κ2) is 9.14. The van der Waals surface area contributed by atoms with Crippen LogP contribution in [0, 0.1) is 12.7 Å². The van der Waals surface area contributed by atoms with E-state index in [0.29, 0.717) is 4.68 Å². The summed E-state index contributed by atoms with van der Waals surface area (Å²) < 4.78 is 46.0. The van der Waals surface area contributed by atoms with Crippen molar-refractivity contribution in [1.29, 1.82) is 0 Å². The molecule has 1 saturated heterocycles. The molecule has 1 aromatic carbocycles. The van der Waals surface area contributed by atoms with Gasteiger partial charge in [-0.25, -0.2) is 18.7 Å². The number of thioether (sulfide) groups is 1. The quantitative estimate of drug-likeness (QED) is 0.593. The van der Waals surface area contributed by atoms with E-state index >= 15 is 0 Å². The van der Waals surface area contributed by atoms with Gasteiger partial charge in [0.15, 0.2) is 11.0 Å². The predicted molar refractivity (Wildman–Crippen MR) is 107 cm³/mol. The summed E-state index contributed by atoms with van der Waals surface area (Å²) in [5, 5.41) is 3.62.